The molecule has 0 aliphatic rings. The van der Waals surface area contributed by atoms with Crippen LogP contribution < -0.4 is 0 Å². The highest BCUT2D eigenvalue weighted by molar-refractivity contribution is 6.25. The summed E-state index contributed by atoms with van der Waals surface area (Å²) >= 11 is 0. The Labute approximate surface area is 153 Å². The Morgan fingerprint density at radius 3 is 2.62 bits per heavy atom. The standard InChI is InChI=1S/C23H23NO2/c1-4-5-13-26-23(25)19-14-18-15(2)9-8-11-16(18)21-17-10-6-7-12-20(17)24(3)22(19)21/h6-12,14H,4-5,13H2,1-3H3. The Kier molecular flexibility index (Phi) is 4.15. The molecule has 26 heavy (non-hydrogen) atoms. The smallest absolute Gasteiger partial charge is 0.340 e. The van der Waals surface area contributed by atoms with Crippen LogP contribution in [0.25, 0.3) is 32.6 Å². The van der Waals surface area contributed by atoms with Crippen molar-refractivity contribution in [3.05, 3.63) is 59.7 Å². The van der Waals surface area contributed by atoms with Gasteiger partial charge in [-0.1, -0.05) is 49.7 Å². The van der Waals surface area contributed by atoms with Crippen LogP contribution in [0.4, 0.5) is 0 Å². The molecule has 4 rings (SSSR count). The number of fused-ring (bicyclic) bond motifs is 5. The van der Waals surface area contributed by atoms with Crippen molar-refractivity contribution in [1.82, 2.24) is 4.57 Å². The lowest BCUT2D eigenvalue weighted by Crippen LogP contribution is -2.08. The summed E-state index contributed by atoms with van der Waals surface area (Å²) < 4.78 is 7.68. The number of aryl methyl sites for hydroxylation is 2. The second kappa shape index (κ2) is 6.49. The summed E-state index contributed by atoms with van der Waals surface area (Å²) in [6.45, 7) is 4.65. The van der Waals surface area contributed by atoms with Crippen LogP contribution in [0.15, 0.2) is 48.5 Å². The van der Waals surface area contributed by atoms with E-state index in [1.54, 1.807) is 0 Å². The number of benzene rings is 3. The van der Waals surface area contributed by atoms with Gasteiger partial charge in [0.05, 0.1) is 17.7 Å². The van der Waals surface area contributed by atoms with Crippen molar-refractivity contribution in [3.8, 4) is 0 Å². The van der Waals surface area contributed by atoms with E-state index in [1.165, 1.54) is 16.3 Å². The lowest BCUT2D eigenvalue weighted by Gasteiger charge is -2.11. The van der Waals surface area contributed by atoms with Crippen LogP contribution in [0.2, 0.25) is 0 Å². The molecule has 1 heterocycles. The number of unbranched alkanes of at least 4 members (excludes halogenated alkanes) is 1. The molecule has 3 nitrogen and oxygen atoms in total. The number of rotatable bonds is 4. The highest BCUT2D eigenvalue weighted by atomic mass is 16.5. The second-order valence-corrected chi connectivity index (χ2v) is 6.88. The number of hydrogen-bond acceptors (Lipinski definition) is 2. The van der Waals surface area contributed by atoms with E-state index in [2.05, 4.69) is 54.8 Å². The van der Waals surface area contributed by atoms with Crippen LogP contribution in [-0.2, 0) is 11.8 Å². The molecule has 0 aliphatic heterocycles. The molecule has 0 radical (unpaired) electrons. The van der Waals surface area contributed by atoms with Gasteiger partial charge in [-0.2, -0.15) is 0 Å². The zero-order valence-corrected chi connectivity index (χ0v) is 15.5. The number of nitrogens with zero attached hydrogens (tertiary/aromatic N) is 1. The first-order chi connectivity index (χ1) is 12.6. The molecule has 0 saturated carbocycles. The van der Waals surface area contributed by atoms with Crippen LogP contribution in [0.3, 0.4) is 0 Å². The Bertz CT molecular complexity index is 1140. The van der Waals surface area contributed by atoms with Crippen LogP contribution in [0, 0.1) is 6.92 Å². The normalized spacial score (nSPS) is 11.5. The van der Waals surface area contributed by atoms with E-state index in [0.717, 1.165) is 34.6 Å². The van der Waals surface area contributed by atoms with E-state index >= 15 is 0 Å². The zero-order chi connectivity index (χ0) is 18.3. The summed E-state index contributed by atoms with van der Waals surface area (Å²) in [5.41, 5.74) is 3.89. The molecule has 0 saturated heterocycles. The van der Waals surface area contributed by atoms with Crippen LogP contribution >= 0.6 is 0 Å². The fourth-order valence-electron chi connectivity index (χ4n) is 3.83. The molecule has 132 valence electrons. The number of ether oxygens (including phenoxy) is 1. The minimum Gasteiger partial charge on any atom is -0.462 e. The Morgan fingerprint density at radius 2 is 1.81 bits per heavy atom. The molecule has 0 aliphatic carbocycles. The first-order valence-corrected chi connectivity index (χ1v) is 9.20. The molecular formula is C23H23NO2. The van der Waals surface area contributed by atoms with E-state index in [1.807, 2.05) is 19.2 Å². The van der Waals surface area contributed by atoms with Crippen molar-refractivity contribution in [2.75, 3.05) is 6.61 Å². The number of hydrogen-bond donors (Lipinski definition) is 0. The SMILES string of the molecule is CCCCOC(=O)c1cc2c(C)cccc2c2c3ccccc3n(C)c12. The topological polar surface area (TPSA) is 31.2 Å². The van der Waals surface area contributed by atoms with Gasteiger partial charge >= 0.3 is 5.97 Å². The lowest BCUT2D eigenvalue weighted by atomic mass is 9.97. The molecule has 0 fully saturated rings. The maximum Gasteiger partial charge on any atom is 0.340 e. The van der Waals surface area contributed by atoms with Crippen molar-refractivity contribution in [2.24, 2.45) is 7.05 Å². The fraction of sp³-hybridized carbons (Fsp3) is 0.261. The predicted molar refractivity (Wildman–Crippen MR) is 108 cm³/mol. The molecule has 0 amide bonds. The molecule has 3 heteroatoms. The van der Waals surface area contributed by atoms with Gasteiger partial charge in [0.15, 0.2) is 0 Å². The van der Waals surface area contributed by atoms with Gasteiger partial charge in [0, 0.05) is 23.3 Å². The van der Waals surface area contributed by atoms with Gasteiger partial charge in [-0.05, 0) is 41.8 Å². The highest BCUT2D eigenvalue weighted by Gasteiger charge is 2.20. The van der Waals surface area contributed by atoms with Crippen molar-refractivity contribution in [3.63, 3.8) is 0 Å². The third-order valence-corrected chi connectivity index (χ3v) is 5.20. The molecule has 0 unspecified atom stereocenters. The summed E-state index contributed by atoms with van der Waals surface area (Å²) in [5.74, 6) is -0.237. The highest BCUT2D eigenvalue weighted by Crippen LogP contribution is 2.37. The fourth-order valence-corrected chi connectivity index (χ4v) is 3.83. The Balaban J connectivity index is 2.10. The van der Waals surface area contributed by atoms with E-state index < -0.39 is 0 Å². The van der Waals surface area contributed by atoms with Crippen molar-refractivity contribution >= 4 is 38.5 Å². The quantitative estimate of drug-likeness (QED) is 0.348. The minimum absolute atomic E-state index is 0.237. The van der Waals surface area contributed by atoms with Gasteiger partial charge in [0.25, 0.3) is 0 Å². The Morgan fingerprint density at radius 1 is 1.04 bits per heavy atom. The molecule has 0 spiro atoms. The van der Waals surface area contributed by atoms with Gasteiger partial charge in [0.1, 0.15) is 0 Å². The van der Waals surface area contributed by atoms with Gasteiger partial charge in [-0.3, -0.25) is 0 Å². The summed E-state index contributed by atoms with van der Waals surface area (Å²) in [6, 6.07) is 16.6. The predicted octanol–water partition coefficient (Wildman–Crippen LogP) is 5.75. The summed E-state index contributed by atoms with van der Waals surface area (Å²) in [5, 5.41) is 4.59. The summed E-state index contributed by atoms with van der Waals surface area (Å²) in [7, 11) is 2.02. The molecule has 4 aromatic rings. The van der Waals surface area contributed by atoms with E-state index in [9.17, 15) is 4.79 Å². The number of para-hydroxylation sites is 1. The van der Waals surface area contributed by atoms with E-state index in [0.29, 0.717) is 12.2 Å². The molecule has 1 aromatic heterocycles. The molecule has 0 N–H and O–H groups in total. The van der Waals surface area contributed by atoms with E-state index in [4.69, 9.17) is 4.74 Å². The monoisotopic (exact) mass is 345 g/mol. The van der Waals surface area contributed by atoms with Gasteiger partial charge in [0.2, 0.25) is 0 Å². The van der Waals surface area contributed by atoms with Gasteiger partial charge < -0.3 is 9.30 Å². The average molecular weight is 345 g/mol. The third kappa shape index (κ3) is 2.47. The van der Waals surface area contributed by atoms with Gasteiger partial charge in [-0.15, -0.1) is 0 Å². The third-order valence-electron chi connectivity index (χ3n) is 5.20. The number of carbonyl (C=O) groups is 1. The first-order valence-electron chi connectivity index (χ1n) is 9.20. The molecule has 3 aromatic carbocycles. The zero-order valence-electron chi connectivity index (χ0n) is 15.5. The Hall–Kier alpha value is -2.81. The van der Waals surface area contributed by atoms with Crippen LogP contribution in [0.5, 0.6) is 0 Å². The van der Waals surface area contributed by atoms with Crippen LogP contribution in [-0.4, -0.2) is 17.1 Å². The largest absolute Gasteiger partial charge is 0.462 e. The van der Waals surface area contributed by atoms with E-state index in [-0.39, 0.29) is 5.97 Å². The number of aromatic nitrogens is 1. The lowest BCUT2D eigenvalue weighted by molar-refractivity contribution is 0.0502. The van der Waals surface area contributed by atoms with Crippen molar-refractivity contribution in [1.29, 1.82) is 0 Å². The maximum absolute atomic E-state index is 12.9. The second-order valence-electron chi connectivity index (χ2n) is 6.88. The van der Waals surface area contributed by atoms with Crippen LogP contribution in [0.1, 0.15) is 35.7 Å². The maximum atomic E-state index is 12.9. The van der Waals surface area contributed by atoms with Crippen molar-refractivity contribution < 1.29 is 9.53 Å². The van der Waals surface area contributed by atoms with Crippen molar-refractivity contribution in [2.45, 2.75) is 26.7 Å². The summed E-state index contributed by atoms with van der Waals surface area (Å²) in [6.07, 6.45) is 1.89. The summed E-state index contributed by atoms with van der Waals surface area (Å²) in [4.78, 5) is 12.9. The number of carbonyl (C=O) groups excluding carboxylic acids is 1. The molecule has 0 bridgehead atoms. The average Bonchev–Trinajstić information content (AvgIpc) is 2.95. The molecule has 0 atom stereocenters. The molecular weight excluding hydrogens is 322 g/mol. The number of esters is 1. The van der Waals surface area contributed by atoms with Gasteiger partial charge in [-0.25, -0.2) is 4.79 Å². The first kappa shape index (κ1) is 16.6. The minimum atomic E-state index is -0.237.